The van der Waals surface area contributed by atoms with Gasteiger partial charge in [0.15, 0.2) is 0 Å². The summed E-state index contributed by atoms with van der Waals surface area (Å²) in [5.74, 6) is 0.921. The lowest BCUT2D eigenvalue weighted by Gasteiger charge is -2.19. The molecule has 0 spiro atoms. The van der Waals surface area contributed by atoms with E-state index in [1.807, 2.05) is 42.5 Å². The molecule has 4 rings (SSSR count). The van der Waals surface area contributed by atoms with Crippen molar-refractivity contribution in [1.29, 1.82) is 0 Å². The molecule has 0 heterocycles. The summed E-state index contributed by atoms with van der Waals surface area (Å²) in [6.07, 6.45) is 1.48. The molecule has 0 aliphatic heterocycles. The Morgan fingerprint density at radius 3 is 1.57 bits per heavy atom. The van der Waals surface area contributed by atoms with Crippen molar-refractivity contribution in [3.05, 3.63) is 125 Å². The summed E-state index contributed by atoms with van der Waals surface area (Å²) < 4.78 is 0. The lowest BCUT2D eigenvalue weighted by atomic mass is 9.85. The molecule has 30 heavy (non-hydrogen) atoms. The number of phenols is 3. The molecule has 4 aromatic rings. The van der Waals surface area contributed by atoms with Crippen LogP contribution >= 0.6 is 0 Å². The molecule has 0 aliphatic carbocycles. The largest absolute Gasteiger partial charge is 0.508 e. The van der Waals surface area contributed by atoms with Crippen LogP contribution in [-0.4, -0.2) is 15.3 Å². The van der Waals surface area contributed by atoms with Gasteiger partial charge in [-0.05, 0) is 64.6 Å². The maximum absolute atomic E-state index is 10.0. The number of phenolic OH excluding ortho intramolecular Hbond substituents is 3. The second kappa shape index (κ2) is 8.75. The van der Waals surface area contributed by atoms with Crippen LogP contribution in [0.1, 0.15) is 33.7 Å². The van der Waals surface area contributed by atoms with Gasteiger partial charge in [-0.15, -0.1) is 0 Å². The molecule has 3 nitrogen and oxygen atoms in total. The van der Waals surface area contributed by atoms with Crippen molar-refractivity contribution in [3.8, 4) is 17.2 Å². The number of hydrogen-bond acceptors (Lipinski definition) is 3. The van der Waals surface area contributed by atoms with Gasteiger partial charge in [0, 0.05) is 12.3 Å². The first kappa shape index (κ1) is 19.6. The van der Waals surface area contributed by atoms with E-state index in [-0.39, 0.29) is 17.4 Å². The average Bonchev–Trinajstić information content (AvgIpc) is 2.76. The van der Waals surface area contributed by atoms with Crippen molar-refractivity contribution >= 4 is 0 Å². The van der Waals surface area contributed by atoms with Gasteiger partial charge in [0.1, 0.15) is 17.2 Å². The van der Waals surface area contributed by atoms with Gasteiger partial charge < -0.3 is 15.3 Å². The van der Waals surface area contributed by atoms with Gasteiger partial charge in [-0.3, -0.25) is 0 Å². The van der Waals surface area contributed by atoms with Gasteiger partial charge in [0.2, 0.25) is 0 Å². The lowest BCUT2D eigenvalue weighted by molar-refractivity contribution is 0.469. The van der Waals surface area contributed by atoms with Crippen molar-refractivity contribution in [2.75, 3.05) is 0 Å². The second-order valence-electron chi connectivity index (χ2n) is 7.56. The van der Waals surface area contributed by atoms with E-state index in [1.54, 1.807) is 30.3 Å². The summed E-state index contributed by atoms with van der Waals surface area (Å²) in [4.78, 5) is 0. The van der Waals surface area contributed by atoms with Gasteiger partial charge in [0.05, 0.1) is 0 Å². The van der Waals surface area contributed by atoms with Crippen molar-refractivity contribution in [2.45, 2.75) is 18.8 Å². The molecule has 150 valence electrons. The Bertz CT molecular complexity index is 1050. The number of hydrogen-bond donors (Lipinski definition) is 3. The quantitative estimate of drug-likeness (QED) is 0.388. The van der Waals surface area contributed by atoms with Crippen LogP contribution < -0.4 is 0 Å². The zero-order valence-corrected chi connectivity index (χ0v) is 16.6. The lowest BCUT2D eigenvalue weighted by Crippen LogP contribution is -2.05. The average molecular weight is 396 g/mol. The summed E-state index contributed by atoms with van der Waals surface area (Å²) in [6.45, 7) is 0. The van der Waals surface area contributed by atoms with Crippen molar-refractivity contribution in [1.82, 2.24) is 0 Å². The SMILES string of the molecule is Oc1ccc(C(Cc2ccc(Cc3ccccc3O)cc2)c2ccc(O)cc2)cc1. The maximum Gasteiger partial charge on any atom is 0.119 e. The Morgan fingerprint density at radius 1 is 0.533 bits per heavy atom. The maximum atomic E-state index is 10.0. The van der Waals surface area contributed by atoms with E-state index in [4.69, 9.17) is 0 Å². The van der Waals surface area contributed by atoms with Gasteiger partial charge in [-0.2, -0.15) is 0 Å². The Labute approximate surface area is 176 Å². The van der Waals surface area contributed by atoms with Crippen LogP contribution in [0.4, 0.5) is 0 Å². The predicted molar refractivity (Wildman–Crippen MR) is 119 cm³/mol. The topological polar surface area (TPSA) is 60.7 Å². The van der Waals surface area contributed by atoms with Crippen LogP contribution in [0.2, 0.25) is 0 Å². The molecule has 0 atom stereocenters. The third-order valence-electron chi connectivity index (χ3n) is 5.44. The number of para-hydroxylation sites is 1. The van der Waals surface area contributed by atoms with Crippen LogP contribution in [0.15, 0.2) is 97.1 Å². The van der Waals surface area contributed by atoms with Crippen LogP contribution in [0.5, 0.6) is 17.2 Å². The van der Waals surface area contributed by atoms with Gasteiger partial charge in [-0.25, -0.2) is 0 Å². The van der Waals surface area contributed by atoms with E-state index in [1.165, 1.54) is 5.56 Å². The molecule has 0 radical (unpaired) electrons. The fourth-order valence-corrected chi connectivity index (χ4v) is 3.75. The van der Waals surface area contributed by atoms with Crippen LogP contribution in [0.25, 0.3) is 0 Å². The molecule has 0 saturated heterocycles. The molecule has 3 N–H and O–H groups in total. The second-order valence-corrected chi connectivity index (χ2v) is 7.56. The Balaban J connectivity index is 1.57. The fourth-order valence-electron chi connectivity index (χ4n) is 3.75. The van der Waals surface area contributed by atoms with E-state index >= 15 is 0 Å². The molecular formula is C27H24O3. The molecule has 0 saturated carbocycles. The normalized spacial score (nSPS) is 11.0. The zero-order valence-electron chi connectivity index (χ0n) is 16.6. The fraction of sp³-hybridized carbons (Fsp3) is 0.111. The standard InChI is InChI=1S/C27H24O3/c28-24-13-9-21(10-14-24)26(22-11-15-25(29)16-12-22)18-20-7-5-19(6-8-20)17-23-3-1-2-4-27(23)30/h1-16,26,28-30H,17-18H2. The number of rotatable bonds is 6. The molecule has 3 heteroatoms. The Hall–Kier alpha value is -3.72. The molecule has 0 fully saturated rings. The van der Waals surface area contributed by atoms with Crippen molar-refractivity contribution in [2.24, 2.45) is 0 Å². The number of benzene rings is 4. The summed E-state index contributed by atoms with van der Waals surface area (Å²) in [6, 6.07) is 30.5. The molecule has 0 amide bonds. The van der Waals surface area contributed by atoms with Crippen LogP contribution in [-0.2, 0) is 12.8 Å². The molecule has 0 aliphatic rings. The highest BCUT2D eigenvalue weighted by Crippen LogP contribution is 2.31. The highest BCUT2D eigenvalue weighted by atomic mass is 16.3. The summed E-state index contributed by atoms with van der Waals surface area (Å²) >= 11 is 0. The van der Waals surface area contributed by atoms with Gasteiger partial charge in [0.25, 0.3) is 0 Å². The zero-order chi connectivity index (χ0) is 20.9. The number of aromatic hydroxyl groups is 3. The summed E-state index contributed by atoms with van der Waals surface area (Å²) in [7, 11) is 0. The Morgan fingerprint density at radius 2 is 1.03 bits per heavy atom. The van der Waals surface area contributed by atoms with E-state index in [0.29, 0.717) is 12.2 Å². The highest BCUT2D eigenvalue weighted by molar-refractivity contribution is 5.41. The van der Waals surface area contributed by atoms with Crippen molar-refractivity contribution < 1.29 is 15.3 Å². The minimum Gasteiger partial charge on any atom is -0.508 e. The smallest absolute Gasteiger partial charge is 0.119 e. The van der Waals surface area contributed by atoms with E-state index in [2.05, 4.69) is 24.3 Å². The van der Waals surface area contributed by atoms with Crippen LogP contribution in [0.3, 0.4) is 0 Å². The highest BCUT2D eigenvalue weighted by Gasteiger charge is 2.15. The molecular weight excluding hydrogens is 372 g/mol. The first-order valence-corrected chi connectivity index (χ1v) is 10.0. The van der Waals surface area contributed by atoms with E-state index in [0.717, 1.165) is 28.7 Å². The first-order chi connectivity index (χ1) is 14.6. The third kappa shape index (κ3) is 4.64. The monoisotopic (exact) mass is 396 g/mol. The van der Waals surface area contributed by atoms with Crippen LogP contribution in [0, 0.1) is 0 Å². The van der Waals surface area contributed by atoms with Gasteiger partial charge >= 0.3 is 0 Å². The molecule has 0 bridgehead atoms. The predicted octanol–water partition coefficient (Wildman–Crippen LogP) is 5.77. The molecule has 0 aromatic heterocycles. The third-order valence-corrected chi connectivity index (χ3v) is 5.44. The van der Waals surface area contributed by atoms with E-state index < -0.39 is 0 Å². The Kier molecular flexibility index (Phi) is 5.71. The van der Waals surface area contributed by atoms with Crippen molar-refractivity contribution in [3.63, 3.8) is 0 Å². The summed E-state index contributed by atoms with van der Waals surface area (Å²) in [5.41, 5.74) is 5.47. The summed E-state index contributed by atoms with van der Waals surface area (Å²) in [5, 5.41) is 29.3. The first-order valence-electron chi connectivity index (χ1n) is 10.0. The molecule has 0 unspecified atom stereocenters. The minimum absolute atomic E-state index is 0.107. The minimum atomic E-state index is 0.107. The van der Waals surface area contributed by atoms with E-state index in [9.17, 15) is 15.3 Å². The molecule has 4 aromatic carbocycles. The van der Waals surface area contributed by atoms with Gasteiger partial charge in [-0.1, -0.05) is 66.7 Å².